The van der Waals surface area contributed by atoms with Crippen LogP contribution in [-0.4, -0.2) is 10.1 Å². The van der Waals surface area contributed by atoms with E-state index in [1.54, 1.807) is 17.4 Å². The average molecular weight is 322 g/mol. The maximum absolute atomic E-state index is 5.78. The third kappa shape index (κ3) is 2.16. The van der Waals surface area contributed by atoms with Crippen LogP contribution in [0.25, 0.3) is 22.2 Å². The number of hydrogen-bond donors (Lipinski definition) is 1. The molecule has 3 rings (SSSR count). The van der Waals surface area contributed by atoms with Crippen molar-refractivity contribution in [2.75, 3.05) is 5.73 Å². The Balaban J connectivity index is 2.03. The summed E-state index contributed by atoms with van der Waals surface area (Å²) in [6.45, 7) is 0. The predicted octanol–water partition coefficient (Wildman–Crippen LogP) is 3.81. The standard InChI is InChI=1S/C12H8BrN3OS/c13-8-4-7(5-9(14)6-8)12-15-11(16-17-12)10-2-1-3-18-10/h1-6H,14H2. The van der Waals surface area contributed by atoms with E-state index in [4.69, 9.17) is 10.3 Å². The fourth-order valence-corrected chi connectivity index (χ4v) is 2.74. The van der Waals surface area contributed by atoms with Gasteiger partial charge < -0.3 is 10.3 Å². The van der Waals surface area contributed by atoms with Gasteiger partial charge in [0.05, 0.1) is 4.88 Å². The van der Waals surface area contributed by atoms with E-state index in [9.17, 15) is 0 Å². The Morgan fingerprint density at radius 3 is 2.89 bits per heavy atom. The Morgan fingerprint density at radius 1 is 1.28 bits per heavy atom. The zero-order valence-electron chi connectivity index (χ0n) is 9.13. The van der Waals surface area contributed by atoms with Gasteiger partial charge in [0, 0.05) is 15.7 Å². The molecule has 2 heterocycles. The van der Waals surface area contributed by atoms with Crippen molar-refractivity contribution in [2.45, 2.75) is 0 Å². The molecule has 6 heteroatoms. The van der Waals surface area contributed by atoms with Crippen LogP contribution in [0.5, 0.6) is 0 Å². The quantitative estimate of drug-likeness (QED) is 0.729. The van der Waals surface area contributed by atoms with E-state index < -0.39 is 0 Å². The molecular formula is C12H8BrN3OS. The number of hydrogen-bond acceptors (Lipinski definition) is 5. The van der Waals surface area contributed by atoms with E-state index in [1.807, 2.05) is 29.6 Å². The number of nitrogen functional groups attached to an aromatic ring is 1. The maximum atomic E-state index is 5.78. The van der Waals surface area contributed by atoms with E-state index in [0.29, 0.717) is 17.4 Å². The topological polar surface area (TPSA) is 64.9 Å². The smallest absolute Gasteiger partial charge is 0.258 e. The molecule has 2 aromatic heterocycles. The zero-order chi connectivity index (χ0) is 12.5. The van der Waals surface area contributed by atoms with Crippen molar-refractivity contribution in [3.8, 4) is 22.2 Å². The van der Waals surface area contributed by atoms with Gasteiger partial charge in [-0.3, -0.25) is 0 Å². The van der Waals surface area contributed by atoms with Gasteiger partial charge in [0.25, 0.3) is 5.89 Å². The van der Waals surface area contributed by atoms with Crippen LogP contribution < -0.4 is 5.73 Å². The molecule has 0 atom stereocenters. The molecule has 0 spiro atoms. The van der Waals surface area contributed by atoms with Gasteiger partial charge in [0.2, 0.25) is 5.82 Å². The molecule has 0 bridgehead atoms. The van der Waals surface area contributed by atoms with Crippen LogP contribution in [0.1, 0.15) is 0 Å². The number of benzene rings is 1. The number of thiophene rings is 1. The molecule has 0 saturated heterocycles. The summed E-state index contributed by atoms with van der Waals surface area (Å²) in [7, 11) is 0. The van der Waals surface area contributed by atoms with Gasteiger partial charge in [0.15, 0.2) is 0 Å². The van der Waals surface area contributed by atoms with Crippen LogP contribution in [0.4, 0.5) is 5.69 Å². The van der Waals surface area contributed by atoms with Gasteiger partial charge in [-0.05, 0) is 29.6 Å². The summed E-state index contributed by atoms with van der Waals surface area (Å²) in [5, 5.41) is 5.94. The minimum absolute atomic E-state index is 0.464. The Kier molecular flexibility index (Phi) is 2.89. The van der Waals surface area contributed by atoms with E-state index in [2.05, 4.69) is 26.1 Å². The highest BCUT2D eigenvalue weighted by Crippen LogP contribution is 2.28. The summed E-state index contributed by atoms with van der Waals surface area (Å²) in [4.78, 5) is 5.34. The number of nitrogens with two attached hydrogens (primary N) is 1. The first-order chi connectivity index (χ1) is 8.72. The minimum atomic E-state index is 0.464. The highest BCUT2D eigenvalue weighted by molar-refractivity contribution is 9.10. The molecule has 0 aliphatic heterocycles. The van der Waals surface area contributed by atoms with Crippen molar-refractivity contribution in [1.82, 2.24) is 10.1 Å². The number of nitrogens with zero attached hydrogens (tertiary/aromatic N) is 2. The first-order valence-corrected chi connectivity index (χ1v) is 6.84. The molecule has 0 amide bonds. The van der Waals surface area contributed by atoms with Gasteiger partial charge >= 0.3 is 0 Å². The van der Waals surface area contributed by atoms with E-state index >= 15 is 0 Å². The van der Waals surface area contributed by atoms with Crippen LogP contribution in [0.3, 0.4) is 0 Å². The molecule has 0 aliphatic carbocycles. The maximum Gasteiger partial charge on any atom is 0.258 e. The number of halogens is 1. The summed E-state index contributed by atoms with van der Waals surface area (Å²) in [5.74, 6) is 1.06. The Morgan fingerprint density at radius 2 is 2.17 bits per heavy atom. The number of rotatable bonds is 2. The van der Waals surface area contributed by atoms with Crippen molar-refractivity contribution < 1.29 is 4.52 Å². The van der Waals surface area contributed by atoms with Gasteiger partial charge in [-0.25, -0.2) is 0 Å². The normalized spacial score (nSPS) is 10.7. The molecule has 18 heavy (non-hydrogen) atoms. The van der Waals surface area contributed by atoms with Crippen molar-refractivity contribution in [2.24, 2.45) is 0 Å². The molecule has 0 unspecified atom stereocenters. The predicted molar refractivity (Wildman–Crippen MR) is 75.2 cm³/mol. The van der Waals surface area contributed by atoms with Crippen LogP contribution in [0.2, 0.25) is 0 Å². The van der Waals surface area contributed by atoms with Gasteiger partial charge in [0.1, 0.15) is 0 Å². The lowest BCUT2D eigenvalue weighted by Gasteiger charge is -1.98. The first kappa shape index (κ1) is 11.4. The fraction of sp³-hybridized carbons (Fsp3) is 0. The highest BCUT2D eigenvalue weighted by atomic mass is 79.9. The Hall–Kier alpha value is -1.66. The second-order valence-electron chi connectivity index (χ2n) is 3.67. The molecule has 90 valence electrons. The lowest BCUT2D eigenvalue weighted by molar-refractivity contribution is 0.432. The van der Waals surface area contributed by atoms with Crippen molar-refractivity contribution in [3.63, 3.8) is 0 Å². The zero-order valence-corrected chi connectivity index (χ0v) is 11.5. The number of aromatic nitrogens is 2. The monoisotopic (exact) mass is 321 g/mol. The molecule has 0 radical (unpaired) electrons. The van der Waals surface area contributed by atoms with Gasteiger partial charge in [-0.2, -0.15) is 4.98 Å². The van der Waals surface area contributed by atoms with Crippen molar-refractivity contribution >= 4 is 33.0 Å². The average Bonchev–Trinajstić information content (AvgIpc) is 2.99. The molecular weight excluding hydrogens is 314 g/mol. The van der Waals surface area contributed by atoms with Crippen LogP contribution in [-0.2, 0) is 0 Å². The van der Waals surface area contributed by atoms with Crippen LogP contribution >= 0.6 is 27.3 Å². The molecule has 3 aromatic rings. The van der Waals surface area contributed by atoms with E-state index in [1.165, 1.54) is 0 Å². The molecule has 4 nitrogen and oxygen atoms in total. The summed E-state index contributed by atoms with van der Waals surface area (Å²) in [6.07, 6.45) is 0. The van der Waals surface area contributed by atoms with Gasteiger partial charge in [-0.15, -0.1) is 11.3 Å². The summed E-state index contributed by atoms with van der Waals surface area (Å²) in [6, 6.07) is 9.42. The highest BCUT2D eigenvalue weighted by Gasteiger charge is 2.12. The van der Waals surface area contributed by atoms with Crippen molar-refractivity contribution in [3.05, 3.63) is 40.2 Å². The summed E-state index contributed by atoms with van der Waals surface area (Å²) >= 11 is 4.96. The van der Waals surface area contributed by atoms with Crippen molar-refractivity contribution in [1.29, 1.82) is 0 Å². The SMILES string of the molecule is Nc1cc(Br)cc(-c2nc(-c3cccs3)no2)c1. The largest absolute Gasteiger partial charge is 0.399 e. The van der Waals surface area contributed by atoms with Crippen LogP contribution in [0.15, 0.2) is 44.7 Å². The minimum Gasteiger partial charge on any atom is -0.399 e. The van der Waals surface area contributed by atoms with E-state index in [-0.39, 0.29) is 0 Å². The lowest BCUT2D eigenvalue weighted by atomic mass is 10.2. The first-order valence-electron chi connectivity index (χ1n) is 5.16. The van der Waals surface area contributed by atoms with Crippen LogP contribution in [0, 0.1) is 0 Å². The molecule has 0 saturated carbocycles. The fourth-order valence-electron chi connectivity index (χ4n) is 1.58. The number of anilines is 1. The lowest BCUT2D eigenvalue weighted by Crippen LogP contribution is -1.86. The third-order valence-electron chi connectivity index (χ3n) is 2.33. The third-order valence-corrected chi connectivity index (χ3v) is 3.66. The second-order valence-corrected chi connectivity index (χ2v) is 5.54. The summed E-state index contributed by atoms with van der Waals surface area (Å²) < 4.78 is 6.14. The van der Waals surface area contributed by atoms with Gasteiger partial charge in [-0.1, -0.05) is 27.2 Å². The Bertz CT molecular complexity index is 658. The molecule has 1 aromatic carbocycles. The molecule has 0 aliphatic rings. The molecule has 2 N–H and O–H groups in total. The summed E-state index contributed by atoms with van der Waals surface area (Å²) in [5.41, 5.74) is 7.23. The van der Waals surface area contributed by atoms with E-state index in [0.717, 1.165) is 14.9 Å². The molecule has 0 fully saturated rings. The Labute approximate surface area is 116 Å². The second kappa shape index (κ2) is 4.55.